The van der Waals surface area contributed by atoms with Gasteiger partial charge in [-0.3, -0.25) is 4.79 Å². The van der Waals surface area contributed by atoms with Crippen LogP contribution in [0.5, 0.6) is 0 Å². The largest absolute Gasteiger partial charge is 0.338 e. The second-order valence-electron chi connectivity index (χ2n) is 10.6. The van der Waals surface area contributed by atoms with Crippen LogP contribution < -0.4 is 5.32 Å². The van der Waals surface area contributed by atoms with Crippen molar-refractivity contribution in [3.63, 3.8) is 0 Å². The predicted molar refractivity (Wildman–Crippen MR) is 144 cm³/mol. The predicted octanol–water partition coefficient (Wildman–Crippen LogP) is 6.79. The molecule has 1 fully saturated rings. The van der Waals surface area contributed by atoms with Crippen molar-refractivity contribution in [1.29, 1.82) is 0 Å². The van der Waals surface area contributed by atoms with Gasteiger partial charge in [0.1, 0.15) is 5.82 Å². The van der Waals surface area contributed by atoms with Crippen molar-refractivity contribution in [3.05, 3.63) is 94.8 Å². The summed E-state index contributed by atoms with van der Waals surface area (Å²) in [6, 6.07) is 21.2. The summed E-state index contributed by atoms with van der Waals surface area (Å²) in [5.74, 6) is 0.658. The SMILES string of the molecule is CN(C(=O)c1ccc(-c2ccc(F)cc2)cc1)C1CCc2cc(CNCC3CCCCC3)ccc2C1. The topological polar surface area (TPSA) is 32.3 Å². The number of amides is 1. The number of carbonyl (C=O) groups is 1. The fraction of sp³-hybridized carbons (Fsp3) is 0.406. The Balaban J connectivity index is 1.16. The van der Waals surface area contributed by atoms with Gasteiger partial charge in [-0.25, -0.2) is 4.39 Å². The van der Waals surface area contributed by atoms with E-state index < -0.39 is 0 Å². The van der Waals surface area contributed by atoms with Crippen LogP contribution in [-0.2, 0) is 19.4 Å². The van der Waals surface area contributed by atoms with Crippen LogP contribution in [0.4, 0.5) is 4.39 Å². The van der Waals surface area contributed by atoms with E-state index >= 15 is 0 Å². The van der Waals surface area contributed by atoms with Crippen molar-refractivity contribution in [2.45, 2.75) is 64.0 Å². The molecule has 2 aliphatic rings. The number of halogens is 1. The van der Waals surface area contributed by atoms with E-state index in [1.54, 1.807) is 12.1 Å². The standard InChI is InChI=1S/C32H37FN2O/c1-35(32(36)27-11-9-25(10-12-27)26-13-16-30(33)17-14-26)31-18-15-28-19-24(7-8-29(28)20-31)22-34-21-23-5-3-2-4-6-23/h7-14,16-17,19,23,31,34H,2-6,15,18,20-22H2,1H3. The summed E-state index contributed by atoms with van der Waals surface area (Å²) < 4.78 is 13.2. The Kier molecular flexibility index (Phi) is 7.81. The van der Waals surface area contributed by atoms with Gasteiger partial charge < -0.3 is 10.2 Å². The summed E-state index contributed by atoms with van der Waals surface area (Å²) in [4.78, 5) is 15.1. The van der Waals surface area contributed by atoms with E-state index in [1.807, 2.05) is 36.2 Å². The van der Waals surface area contributed by atoms with Crippen LogP contribution in [0.15, 0.2) is 66.7 Å². The molecule has 0 aromatic heterocycles. The third-order valence-electron chi connectivity index (χ3n) is 8.14. The van der Waals surface area contributed by atoms with E-state index in [1.165, 1.54) is 60.9 Å². The zero-order valence-corrected chi connectivity index (χ0v) is 21.3. The first kappa shape index (κ1) is 24.7. The lowest BCUT2D eigenvalue weighted by Gasteiger charge is -2.33. The third kappa shape index (κ3) is 5.87. The molecule has 1 amide bonds. The van der Waals surface area contributed by atoms with Crippen molar-refractivity contribution in [2.24, 2.45) is 5.92 Å². The minimum atomic E-state index is -0.247. The van der Waals surface area contributed by atoms with Crippen LogP contribution in [0.25, 0.3) is 11.1 Å². The average molecular weight is 485 g/mol. The third-order valence-corrected chi connectivity index (χ3v) is 8.14. The second kappa shape index (κ2) is 11.4. The molecule has 36 heavy (non-hydrogen) atoms. The number of carbonyl (C=O) groups excluding carboxylic acids is 1. The zero-order valence-electron chi connectivity index (χ0n) is 21.3. The summed E-state index contributed by atoms with van der Waals surface area (Å²) in [6.45, 7) is 2.08. The quantitative estimate of drug-likeness (QED) is 0.400. The molecule has 2 aliphatic carbocycles. The Labute approximate surface area is 214 Å². The summed E-state index contributed by atoms with van der Waals surface area (Å²) in [5.41, 5.74) is 6.78. The van der Waals surface area contributed by atoms with Crippen LogP contribution >= 0.6 is 0 Å². The molecule has 0 saturated heterocycles. The van der Waals surface area contributed by atoms with Gasteiger partial charge in [0, 0.05) is 25.2 Å². The number of benzene rings is 3. The van der Waals surface area contributed by atoms with Crippen LogP contribution in [-0.4, -0.2) is 30.4 Å². The molecule has 0 aliphatic heterocycles. The lowest BCUT2D eigenvalue weighted by atomic mass is 9.86. The van der Waals surface area contributed by atoms with Crippen LogP contribution in [0, 0.1) is 11.7 Å². The van der Waals surface area contributed by atoms with Crippen molar-refractivity contribution in [2.75, 3.05) is 13.6 Å². The van der Waals surface area contributed by atoms with E-state index in [-0.39, 0.29) is 17.8 Å². The molecular formula is C32H37FN2O. The average Bonchev–Trinajstić information content (AvgIpc) is 2.93. The molecule has 1 saturated carbocycles. The normalized spacial score (nSPS) is 18.0. The fourth-order valence-corrected chi connectivity index (χ4v) is 5.86. The van der Waals surface area contributed by atoms with Crippen LogP contribution in [0.1, 0.15) is 65.6 Å². The van der Waals surface area contributed by atoms with E-state index in [2.05, 4.69) is 23.5 Å². The highest BCUT2D eigenvalue weighted by molar-refractivity contribution is 5.94. The first-order valence-corrected chi connectivity index (χ1v) is 13.5. The fourth-order valence-electron chi connectivity index (χ4n) is 5.86. The Hall–Kier alpha value is -2.98. The van der Waals surface area contributed by atoms with Gasteiger partial charge in [0.25, 0.3) is 5.91 Å². The Morgan fingerprint density at radius 1 is 0.889 bits per heavy atom. The number of hydrogen-bond donors (Lipinski definition) is 1. The maximum Gasteiger partial charge on any atom is 0.253 e. The maximum absolute atomic E-state index is 13.2. The van der Waals surface area contributed by atoms with Crippen molar-refractivity contribution >= 4 is 5.91 Å². The maximum atomic E-state index is 13.2. The van der Waals surface area contributed by atoms with Crippen LogP contribution in [0.2, 0.25) is 0 Å². The lowest BCUT2D eigenvalue weighted by Crippen LogP contribution is -2.40. The van der Waals surface area contributed by atoms with Gasteiger partial charge in [-0.2, -0.15) is 0 Å². The van der Waals surface area contributed by atoms with Gasteiger partial charge in [-0.1, -0.05) is 61.7 Å². The Morgan fingerprint density at radius 2 is 1.58 bits per heavy atom. The van der Waals surface area contributed by atoms with E-state index in [9.17, 15) is 9.18 Å². The highest BCUT2D eigenvalue weighted by Gasteiger charge is 2.26. The molecule has 4 heteroatoms. The first-order valence-electron chi connectivity index (χ1n) is 13.5. The van der Waals surface area contributed by atoms with Gasteiger partial charge in [0.2, 0.25) is 0 Å². The molecule has 5 rings (SSSR count). The number of nitrogens with one attached hydrogen (secondary N) is 1. The number of nitrogens with zero attached hydrogens (tertiary/aromatic N) is 1. The van der Waals surface area contributed by atoms with E-state index in [0.29, 0.717) is 5.56 Å². The molecular weight excluding hydrogens is 447 g/mol. The molecule has 1 unspecified atom stereocenters. The number of likely N-dealkylation sites (N-methyl/N-ethyl adjacent to an activating group) is 1. The molecule has 0 radical (unpaired) electrons. The summed E-state index contributed by atoms with van der Waals surface area (Å²) >= 11 is 0. The molecule has 188 valence electrons. The van der Waals surface area contributed by atoms with Gasteiger partial charge >= 0.3 is 0 Å². The van der Waals surface area contributed by atoms with Gasteiger partial charge in [-0.15, -0.1) is 0 Å². The number of aryl methyl sites for hydroxylation is 1. The minimum absolute atomic E-state index is 0.0534. The summed E-state index contributed by atoms with van der Waals surface area (Å²) in [6.07, 6.45) is 9.86. The monoisotopic (exact) mass is 484 g/mol. The van der Waals surface area contributed by atoms with Gasteiger partial charge in [0.15, 0.2) is 0 Å². The minimum Gasteiger partial charge on any atom is -0.338 e. The number of rotatable bonds is 7. The molecule has 0 heterocycles. The smallest absolute Gasteiger partial charge is 0.253 e. The van der Waals surface area contributed by atoms with Gasteiger partial charge in [0.05, 0.1) is 0 Å². The van der Waals surface area contributed by atoms with Crippen molar-refractivity contribution < 1.29 is 9.18 Å². The Bertz CT molecular complexity index is 1170. The number of hydrogen-bond acceptors (Lipinski definition) is 2. The lowest BCUT2D eigenvalue weighted by molar-refractivity contribution is 0.0719. The van der Waals surface area contributed by atoms with E-state index in [4.69, 9.17) is 0 Å². The molecule has 3 aromatic carbocycles. The number of fused-ring (bicyclic) bond motifs is 1. The zero-order chi connectivity index (χ0) is 24.9. The summed E-state index contributed by atoms with van der Waals surface area (Å²) in [5, 5.41) is 3.69. The summed E-state index contributed by atoms with van der Waals surface area (Å²) in [7, 11) is 1.93. The highest BCUT2D eigenvalue weighted by atomic mass is 19.1. The molecule has 1 N–H and O–H groups in total. The van der Waals surface area contributed by atoms with Crippen LogP contribution in [0.3, 0.4) is 0 Å². The molecule has 0 spiro atoms. The molecule has 3 aromatic rings. The van der Waals surface area contributed by atoms with Crippen molar-refractivity contribution in [1.82, 2.24) is 10.2 Å². The van der Waals surface area contributed by atoms with E-state index in [0.717, 1.165) is 49.4 Å². The molecule has 0 bridgehead atoms. The molecule has 1 atom stereocenters. The highest BCUT2D eigenvalue weighted by Crippen LogP contribution is 2.27. The second-order valence-corrected chi connectivity index (χ2v) is 10.6. The van der Waals surface area contributed by atoms with Gasteiger partial charge in [-0.05, 0) is 96.6 Å². The first-order chi connectivity index (χ1) is 17.6. The molecule has 3 nitrogen and oxygen atoms in total. The Morgan fingerprint density at radius 3 is 2.31 bits per heavy atom. The van der Waals surface area contributed by atoms with Crippen molar-refractivity contribution in [3.8, 4) is 11.1 Å².